The molecule has 0 saturated heterocycles. The largest absolute Gasteiger partial charge is 0.483 e. The fourth-order valence-electron chi connectivity index (χ4n) is 2.12. The van der Waals surface area contributed by atoms with Crippen LogP contribution in [0.2, 0.25) is 0 Å². The molecule has 4 heteroatoms. The fourth-order valence-corrected chi connectivity index (χ4v) is 2.12. The van der Waals surface area contributed by atoms with E-state index in [0.717, 1.165) is 28.5 Å². The lowest BCUT2D eigenvalue weighted by Crippen LogP contribution is -2.27. The molecule has 1 amide bonds. The van der Waals surface area contributed by atoms with E-state index >= 15 is 0 Å². The van der Waals surface area contributed by atoms with Crippen LogP contribution in [0.15, 0.2) is 36.4 Å². The number of hydrogen-bond acceptors (Lipinski definition) is 3. The molecule has 0 aliphatic carbocycles. The molecule has 2 aromatic carbocycles. The molecule has 0 atom stereocenters. The minimum atomic E-state index is -0.0585. The summed E-state index contributed by atoms with van der Waals surface area (Å²) in [5.74, 6) is 0.682. The Balaban J connectivity index is 2.32. The molecule has 0 spiro atoms. The molecule has 0 heterocycles. The smallest absolute Gasteiger partial charge is 0.259 e. The lowest BCUT2D eigenvalue weighted by Gasteiger charge is -2.15. The summed E-state index contributed by atoms with van der Waals surface area (Å²) in [5, 5.41) is 2.29. The normalized spacial score (nSPS) is 10.6. The third kappa shape index (κ3) is 3.08. The van der Waals surface area contributed by atoms with E-state index in [1.54, 1.807) is 14.1 Å². The SMILES string of the molecule is CN(C)C(=O)COc1ccc2ccccc2c1CCN. The van der Waals surface area contributed by atoms with Crippen molar-refractivity contribution in [3.05, 3.63) is 42.0 Å². The number of amides is 1. The standard InChI is InChI=1S/C16H20N2O2/c1-18(2)16(19)11-20-15-8-7-12-5-3-4-6-13(12)14(15)9-10-17/h3-8H,9-11,17H2,1-2H3. The van der Waals surface area contributed by atoms with Crippen LogP contribution in [0.1, 0.15) is 5.56 Å². The molecule has 4 nitrogen and oxygen atoms in total. The van der Waals surface area contributed by atoms with Crippen molar-refractivity contribution in [3.8, 4) is 5.75 Å². The minimum absolute atomic E-state index is 0.0446. The Morgan fingerprint density at radius 2 is 1.95 bits per heavy atom. The van der Waals surface area contributed by atoms with Crippen molar-refractivity contribution in [2.75, 3.05) is 27.2 Å². The van der Waals surface area contributed by atoms with Gasteiger partial charge in [0.05, 0.1) is 0 Å². The number of nitrogens with zero attached hydrogens (tertiary/aromatic N) is 1. The number of fused-ring (bicyclic) bond motifs is 1. The number of carbonyl (C=O) groups is 1. The predicted molar refractivity (Wildman–Crippen MR) is 80.9 cm³/mol. The summed E-state index contributed by atoms with van der Waals surface area (Å²) in [4.78, 5) is 13.1. The second-order valence-corrected chi connectivity index (χ2v) is 4.88. The number of nitrogens with two attached hydrogens (primary N) is 1. The predicted octanol–water partition coefficient (Wildman–Crippen LogP) is 1.81. The topological polar surface area (TPSA) is 55.6 Å². The second kappa shape index (κ2) is 6.39. The summed E-state index contributed by atoms with van der Waals surface area (Å²) in [7, 11) is 3.43. The maximum atomic E-state index is 11.6. The number of carbonyl (C=O) groups excluding carboxylic acids is 1. The molecule has 0 aliphatic heterocycles. The molecular weight excluding hydrogens is 252 g/mol. The quantitative estimate of drug-likeness (QED) is 0.903. The molecule has 2 aromatic rings. The summed E-state index contributed by atoms with van der Waals surface area (Å²) >= 11 is 0. The number of rotatable bonds is 5. The molecular formula is C16H20N2O2. The van der Waals surface area contributed by atoms with Gasteiger partial charge in [-0.25, -0.2) is 0 Å². The van der Waals surface area contributed by atoms with Crippen molar-refractivity contribution in [3.63, 3.8) is 0 Å². The van der Waals surface area contributed by atoms with E-state index in [-0.39, 0.29) is 12.5 Å². The van der Waals surface area contributed by atoms with E-state index in [4.69, 9.17) is 10.5 Å². The van der Waals surface area contributed by atoms with Gasteiger partial charge in [0.2, 0.25) is 0 Å². The molecule has 0 bridgehead atoms. The zero-order valence-corrected chi connectivity index (χ0v) is 11.9. The van der Waals surface area contributed by atoms with Crippen LogP contribution in [-0.2, 0) is 11.2 Å². The Hall–Kier alpha value is -2.07. The first-order valence-electron chi connectivity index (χ1n) is 6.67. The molecule has 106 valence electrons. The molecule has 0 aromatic heterocycles. The van der Waals surface area contributed by atoms with E-state index in [1.807, 2.05) is 24.3 Å². The van der Waals surface area contributed by atoms with E-state index in [2.05, 4.69) is 12.1 Å². The van der Waals surface area contributed by atoms with Gasteiger partial charge in [0, 0.05) is 19.7 Å². The Kier molecular flexibility index (Phi) is 4.58. The summed E-state index contributed by atoms with van der Waals surface area (Å²) in [6.07, 6.45) is 0.729. The summed E-state index contributed by atoms with van der Waals surface area (Å²) in [6.45, 7) is 0.592. The minimum Gasteiger partial charge on any atom is -0.483 e. The Bertz CT molecular complexity index is 608. The lowest BCUT2D eigenvalue weighted by atomic mass is 10.0. The third-order valence-electron chi connectivity index (χ3n) is 3.24. The summed E-state index contributed by atoms with van der Waals surface area (Å²) < 4.78 is 5.67. The average molecular weight is 272 g/mol. The zero-order valence-electron chi connectivity index (χ0n) is 11.9. The van der Waals surface area contributed by atoms with Crippen LogP contribution in [0, 0.1) is 0 Å². The molecule has 2 N–H and O–H groups in total. The summed E-state index contributed by atoms with van der Waals surface area (Å²) in [6, 6.07) is 12.0. The van der Waals surface area contributed by atoms with E-state index in [1.165, 1.54) is 4.90 Å². The van der Waals surface area contributed by atoms with E-state index in [0.29, 0.717) is 6.54 Å². The van der Waals surface area contributed by atoms with Crippen molar-refractivity contribution in [1.82, 2.24) is 4.90 Å². The van der Waals surface area contributed by atoms with Crippen molar-refractivity contribution in [1.29, 1.82) is 0 Å². The van der Waals surface area contributed by atoms with Gasteiger partial charge in [0.25, 0.3) is 5.91 Å². The van der Waals surface area contributed by atoms with Crippen LogP contribution in [0.4, 0.5) is 0 Å². The Morgan fingerprint density at radius 3 is 2.65 bits per heavy atom. The van der Waals surface area contributed by atoms with E-state index < -0.39 is 0 Å². The van der Waals surface area contributed by atoms with Gasteiger partial charge in [-0.3, -0.25) is 4.79 Å². The number of likely N-dealkylation sites (N-methyl/N-ethyl adjacent to an activating group) is 1. The van der Waals surface area contributed by atoms with Crippen molar-refractivity contribution in [2.24, 2.45) is 5.73 Å². The monoisotopic (exact) mass is 272 g/mol. The van der Waals surface area contributed by atoms with Gasteiger partial charge >= 0.3 is 0 Å². The molecule has 20 heavy (non-hydrogen) atoms. The fraction of sp³-hybridized carbons (Fsp3) is 0.312. The Morgan fingerprint density at radius 1 is 1.20 bits per heavy atom. The lowest BCUT2D eigenvalue weighted by molar-refractivity contribution is -0.130. The maximum absolute atomic E-state index is 11.6. The van der Waals surface area contributed by atoms with Gasteiger partial charge in [0.1, 0.15) is 5.75 Å². The maximum Gasteiger partial charge on any atom is 0.259 e. The molecule has 0 saturated carbocycles. The van der Waals surface area contributed by atoms with Crippen LogP contribution in [0.25, 0.3) is 10.8 Å². The highest BCUT2D eigenvalue weighted by Crippen LogP contribution is 2.28. The molecule has 0 unspecified atom stereocenters. The van der Waals surface area contributed by atoms with Crippen LogP contribution in [0.3, 0.4) is 0 Å². The molecule has 2 rings (SSSR count). The first-order valence-corrected chi connectivity index (χ1v) is 6.67. The van der Waals surface area contributed by atoms with Gasteiger partial charge in [0.15, 0.2) is 6.61 Å². The van der Waals surface area contributed by atoms with Gasteiger partial charge in [-0.15, -0.1) is 0 Å². The van der Waals surface area contributed by atoms with Crippen LogP contribution >= 0.6 is 0 Å². The van der Waals surface area contributed by atoms with Gasteiger partial charge < -0.3 is 15.4 Å². The first kappa shape index (κ1) is 14.3. The second-order valence-electron chi connectivity index (χ2n) is 4.88. The van der Waals surface area contributed by atoms with Crippen molar-refractivity contribution >= 4 is 16.7 Å². The molecule has 0 radical (unpaired) electrons. The van der Waals surface area contributed by atoms with Gasteiger partial charge in [-0.05, 0) is 29.8 Å². The van der Waals surface area contributed by atoms with Crippen LogP contribution < -0.4 is 10.5 Å². The Labute approximate surface area is 119 Å². The van der Waals surface area contributed by atoms with Gasteiger partial charge in [-0.2, -0.15) is 0 Å². The number of hydrogen-bond donors (Lipinski definition) is 1. The molecule has 0 fully saturated rings. The zero-order chi connectivity index (χ0) is 14.5. The highest BCUT2D eigenvalue weighted by atomic mass is 16.5. The highest BCUT2D eigenvalue weighted by molar-refractivity contribution is 5.88. The first-order chi connectivity index (χ1) is 9.63. The van der Waals surface area contributed by atoms with Crippen molar-refractivity contribution < 1.29 is 9.53 Å². The highest BCUT2D eigenvalue weighted by Gasteiger charge is 2.11. The van der Waals surface area contributed by atoms with Crippen LogP contribution in [0.5, 0.6) is 5.75 Å². The van der Waals surface area contributed by atoms with Gasteiger partial charge in [-0.1, -0.05) is 30.3 Å². The number of benzene rings is 2. The third-order valence-corrected chi connectivity index (χ3v) is 3.24. The van der Waals surface area contributed by atoms with Crippen LogP contribution in [-0.4, -0.2) is 38.1 Å². The molecule has 0 aliphatic rings. The average Bonchev–Trinajstić information content (AvgIpc) is 2.46. The number of ether oxygens (including phenoxy) is 1. The van der Waals surface area contributed by atoms with E-state index in [9.17, 15) is 4.79 Å². The summed E-state index contributed by atoms with van der Waals surface area (Å²) in [5.41, 5.74) is 6.76. The van der Waals surface area contributed by atoms with Crippen molar-refractivity contribution in [2.45, 2.75) is 6.42 Å².